The number of carbonyl (C=O) groups is 3. The average molecular weight is 321 g/mol. The van der Waals surface area contributed by atoms with Crippen LogP contribution in [0.1, 0.15) is 5.69 Å². The SMILES string of the molecule is O=C(O)C(=O)O.O=C(O)Nc1nc(CCNCCO)cs1. The summed E-state index contributed by atoms with van der Waals surface area (Å²) in [6, 6.07) is 0. The van der Waals surface area contributed by atoms with E-state index in [1.807, 2.05) is 5.38 Å². The molecule has 1 heterocycles. The van der Waals surface area contributed by atoms with E-state index in [-0.39, 0.29) is 6.61 Å². The summed E-state index contributed by atoms with van der Waals surface area (Å²) in [5.41, 5.74) is 0.842. The van der Waals surface area contributed by atoms with Crippen LogP contribution < -0.4 is 10.6 Å². The molecular formula is C10H15N3O7S. The van der Waals surface area contributed by atoms with E-state index < -0.39 is 18.0 Å². The van der Waals surface area contributed by atoms with E-state index in [0.29, 0.717) is 11.7 Å². The number of carboxylic acids is 2. The minimum atomic E-state index is -1.82. The predicted molar refractivity (Wildman–Crippen MR) is 72.7 cm³/mol. The minimum absolute atomic E-state index is 0.114. The van der Waals surface area contributed by atoms with Crippen molar-refractivity contribution < 1.29 is 34.8 Å². The van der Waals surface area contributed by atoms with Gasteiger partial charge in [-0.1, -0.05) is 0 Å². The zero-order chi connectivity index (χ0) is 16.3. The molecule has 1 aromatic heterocycles. The lowest BCUT2D eigenvalue weighted by Gasteiger charge is -1.99. The van der Waals surface area contributed by atoms with E-state index in [1.165, 1.54) is 11.3 Å². The normalized spacial score (nSPS) is 9.38. The first-order valence-corrected chi connectivity index (χ1v) is 6.47. The van der Waals surface area contributed by atoms with Crippen LogP contribution in [-0.2, 0) is 16.0 Å². The topological polar surface area (TPSA) is 169 Å². The molecule has 1 amide bonds. The van der Waals surface area contributed by atoms with Gasteiger partial charge in [-0.2, -0.15) is 0 Å². The van der Waals surface area contributed by atoms with Gasteiger partial charge in [-0.05, 0) is 0 Å². The van der Waals surface area contributed by atoms with E-state index in [9.17, 15) is 4.79 Å². The summed E-state index contributed by atoms with van der Waals surface area (Å²) in [5.74, 6) is -3.65. The van der Waals surface area contributed by atoms with E-state index in [2.05, 4.69) is 15.6 Å². The molecule has 0 aliphatic heterocycles. The highest BCUT2D eigenvalue weighted by Gasteiger charge is 2.04. The van der Waals surface area contributed by atoms with Crippen molar-refractivity contribution in [2.45, 2.75) is 6.42 Å². The van der Waals surface area contributed by atoms with Gasteiger partial charge in [-0.15, -0.1) is 11.3 Å². The molecule has 0 unspecified atom stereocenters. The van der Waals surface area contributed by atoms with Crippen LogP contribution in [0.2, 0.25) is 0 Å². The lowest BCUT2D eigenvalue weighted by Crippen LogP contribution is -2.20. The maximum Gasteiger partial charge on any atom is 0.414 e. The van der Waals surface area contributed by atoms with Crippen molar-refractivity contribution in [3.63, 3.8) is 0 Å². The highest BCUT2D eigenvalue weighted by atomic mass is 32.1. The highest BCUT2D eigenvalue weighted by molar-refractivity contribution is 7.13. The van der Waals surface area contributed by atoms with Gasteiger partial charge in [0.2, 0.25) is 0 Å². The molecule has 118 valence electrons. The number of rotatable bonds is 6. The molecule has 21 heavy (non-hydrogen) atoms. The number of aliphatic hydroxyl groups is 1. The fraction of sp³-hybridized carbons (Fsp3) is 0.400. The molecule has 1 rings (SSSR count). The van der Waals surface area contributed by atoms with Gasteiger partial charge in [-0.25, -0.2) is 19.4 Å². The zero-order valence-electron chi connectivity index (χ0n) is 10.8. The summed E-state index contributed by atoms with van der Waals surface area (Å²) < 4.78 is 0. The number of hydrogen-bond acceptors (Lipinski definition) is 7. The van der Waals surface area contributed by atoms with Gasteiger partial charge in [0.25, 0.3) is 0 Å². The number of amides is 1. The Labute approximate surface area is 123 Å². The Bertz CT molecular complexity index is 465. The second-order valence-electron chi connectivity index (χ2n) is 3.41. The second kappa shape index (κ2) is 10.5. The first kappa shape index (κ1) is 18.8. The summed E-state index contributed by atoms with van der Waals surface area (Å²) >= 11 is 1.26. The largest absolute Gasteiger partial charge is 0.473 e. The van der Waals surface area contributed by atoms with Crippen LogP contribution in [-0.4, -0.2) is 63.1 Å². The number of aromatic nitrogens is 1. The van der Waals surface area contributed by atoms with Gasteiger partial charge in [0.1, 0.15) is 0 Å². The van der Waals surface area contributed by atoms with Crippen LogP contribution >= 0.6 is 11.3 Å². The van der Waals surface area contributed by atoms with Crippen molar-refractivity contribution in [2.75, 3.05) is 25.0 Å². The lowest BCUT2D eigenvalue weighted by molar-refractivity contribution is -0.159. The summed E-state index contributed by atoms with van der Waals surface area (Å²) in [7, 11) is 0. The van der Waals surface area contributed by atoms with E-state index in [4.69, 9.17) is 30.0 Å². The first-order valence-electron chi connectivity index (χ1n) is 5.59. The quantitative estimate of drug-likeness (QED) is 0.299. The van der Waals surface area contributed by atoms with Crippen LogP contribution in [0.15, 0.2) is 5.38 Å². The summed E-state index contributed by atoms with van der Waals surface area (Å²) in [6.45, 7) is 1.39. The molecule has 0 atom stereocenters. The van der Waals surface area contributed by atoms with Crippen molar-refractivity contribution in [1.29, 1.82) is 0 Å². The Morgan fingerprint density at radius 1 is 1.14 bits per heavy atom. The number of nitrogens with zero attached hydrogens (tertiary/aromatic N) is 1. The van der Waals surface area contributed by atoms with Crippen LogP contribution in [0.4, 0.5) is 9.93 Å². The summed E-state index contributed by atoms with van der Waals surface area (Å²) in [6.07, 6.45) is -0.382. The number of anilines is 1. The second-order valence-corrected chi connectivity index (χ2v) is 4.27. The van der Waals surface area contributed by atoms with Crippen molar-refractivity contribution in [3.05, 3.63) is 11.1 Å². The fourth-order valence-corrected chi connectivity index (χ4v) is 1.73. The Balaban J connectivity index is 0.000000567. The van der Waals surface area contributed by atoms with Crippen LogP contribution in [0.5, 0.6) is 0 Å². The Morgan fingerprint density at radius 3 is 2.24 bits per heavy atom. The average Bonchev–Trinajstić information content (AvgIpc) is 2.82. The first-order chi connectivity index (χ1) is 9.86. The molecule has 0 radical (unpaired) electrons. The Morgan fingerprint density at radius 2 is 1.76 bits per heavy atom. The van der Waals surface area contributed by atoms with Crippen molar-refractivity contribution in [2.24, 2.45) is 0 Å². The molecule has 0 aliphatic carbocycles. The number of carboxylic acid groups (broad SMARTS) is 3. The molecule has 0 saturated heterocycles. The van der Waals surface area contributed by atoms with Gasteiger partial charge in [-0.3, -0.25) is 5.32 Å². The molecular weight excluding hydrogens is 306 g/mol. The molecule has 6 N–H and O–H groups in total. The third-order valence-electron chi connectivity index (χ3n) is 1.80. The molecule has 0 spiro atoms. The number of thiazole rings is 1. The Kier molecular flexibility index (Phi) is 9.41. The predicted octanol–water partition coefficient (Wildman–Crippen LogP) is -0.487. The maximum absolute atomic E-state index is 10.3. The molecule has 0 aliphatic rings. The third kappa shape index (κ3) is 10.2. The highest BCUT2D eigenvalue weighted by Crippen LogP contribution is 2.15. The Hall–Kier alpha value is -2.24. The van der Waals surface area contributed by atoms with Gasteiger partial charge < -0.3 is 25.7 Å². The molecule has 10 nitrogen and oxygen atoms in total. The molecule has 0 bridgehead atoms. The molecule has 11 heteroatoms. The van der Waals surface area contributed by atoms with Crippen molar-refractivity contribution >= 4 is 34.5 Å². The van der Waals surface area contributed by atoms with E-state index >= 15 is 0 Å². The summed E-state index contributed by atoms with van der Waals surface area (Å²) in [4.78, 5) is 32.6. The standard InChI is InChI=1S/C8H13N3O3S.C2H2O4/c12-4-3-9-2-1-6-5-15-7(10-6)11-8(13)14;3-1(4)2(5)6/h5,9,12H,1-4H2,(H,10,11)(H,13,14);(H,3,4)(H,5,6). The maximum atomic E-state index is 10.3. The van der Waals surface area contributed by atoms with E-state index in [0.717, 1.165) is 18.7 Å². The van der Waals surface area contributed by atoms with Crippen molar-refractivity contribution in [1.82, 2.24) is 10.3 Å². The molecule has 0 aromatic carbocycles. The lowest BCUT2D eigenvalue weighted by atomic mass is 10.3. The van der Waals surface area contributed by atoms with Crippen molar-refractivity contribution in [3.8, 4) is 0 Å². The van der Waals surface area contributed by atoms with Crippen LogP contribution in [0.3, 0.4) is 0 Å². The van der Waals surface area contributed by atoms with Gasteiger partial charge in [0.05, 0.1) is 12.3 Å². The van der Waals surface area contributed by atoms with E-state index in [1.54, 1.807) is 0 Å². The fourth-order valence-electron chi connectivity index (χ4n) is 0.991. The zero-order valence-corrected chi connectivity index (χ0v) is 11.6. The number of aliphatic hydroxyl groups excluding tert-OH is 1. The van der Waals surface area contributed by atoms with Gasteiger partial charge >= 0.3 is 18.0 Å². The number of nitrogens with one attached hydrogen (secondary N) is 2. The minimum Gasteiger partial charge on any atom is -0.473 e. The van der Waals surface area contributed by atoms with Crippen LogP contribution in [0.25, 0.3) is 0 Å². The molecule has 0 saturated carbocycles. The van der Waals surface area contributed by atoms with Gasteiger partial charge in [0.15, 0.2) is 5.13 Å². The third-order valence-corrected chi connectivity index (χ3v) is 2.60. The van der Waals surface area contributed by atoms with Crippen LogP contribution in [0, 0.1) is 0 Å². The molecule has 0 fully saturated rings. The molecule has 1 aromatic rings. The smallest absolute Gasteiger partial charge is 0.414 e. The number of hydrogen-bond donors (Lipinski definition) is 6. The summed E-state index contributed by atoms with van der Waals surface area (Å²) in [5, 5.41) is 39.1. The monoisotopic (exact) mass is 321 g/mol. The van der Waals surface area contributed by atoms with Gasteiger partial charge in [0, 0.05) is 24.9 Å². The number of aliphatic carboxylic acids is 2.